The molecule has 1 N–H and O–H groups in total. The van der Waals surface area contributed by atoms with Crippen molar-refractivity contribution in [3.8, 4) is 0 Å². The lowest BCUT2D eigenvalue weighted by Gasteiger charge is -2.24. The number of aromatic nitrogens is 1. The molecule has 1 heterocycles. The lowest BCUT2D eigenvalue weighted by molar-refractivity contribution is 0.0439. The highest BCUT2D eigenvalue weighted by Crippen LogP contribution is 2.14. The van der Waals surface area contributed by atoms with Gasteiger partial charge < -0.3 is 9.67 Å². The van der Waals surface area contributed by atoms with Crippen molar-refractivity contribution < 1.29 is 9.90 Å². The van der Waals surface area contributed by atoms with Crippen LogP contribution in [0.1, 0.15) is 35.6 Å². The number of carbonyl (C=O) groups is 1. The van der Waals surface area contributed by atoms with Gasteiger partial charge in [-0.05, 0) is 40.8 Å². The highest BCUT2D eigenvalue weighted by molar-refractivity contribution is 5.99. The topological polar surface area (TPSA) is 45.5 Å². The van der Waals surface area contributed by atoms with Crippen molar-refractivity contribution in [1.29, 1.82) is 0 Å². The van der Waals surface area contributed by atoms with E-state index in [1.807, 2.05) is 43.5 Å². The maximum atomic E-state index is 12.2. The van der Waals surface area contributed by atoms with Gasteiger partial charge >= 0.3 is 0 Å². The van der Waals surface area contributed by atoms with Crippen LogP contribution in [0.15, 0.2) is 6.07 Å². The normalized spacial score (nSPS) is 12.2. The van der Waals surface area contributed by atoms with E-state index in [0.29, 0.717) is 13.1 Å². The first-order chi connectivity index (χ1) is 8.11. The summed E-state index contributed by atoms with van der Waals surface area (Å²) in [5.41, 5.74) is 2.07. The summed E-state index contributed by atoms with van der Waals surface area (Å²) in [6.45, 7) is 8.23. The third-order valence-electron chi connectivity index (χ3n) is 3.15. The van der Waals surface area contributed by atoms with Crippen molar-refractivity contribution in [3.05, 3.63) is 23.0 Å². The molecule has 0 aromatic carbocycles. The van der Waals surface area contributed by atoms with Crippen LogP contribution in [0, 0.1) is 13.8 Å². The number of nitrogens with zero attached hydrogens (tertiary/aromatic N) is 2. The molecule has 0 bridgehead atoms. The van der Waals surface area contributed by atoms with Crippen LogP contribution < -0.4 is 0 Å². The van der Waals surface area contributed by atoms with Gasteiger partial charge in [-0.3, -0.25) is 9.69 Å². The molecular formula is C14H24N2O2. The van der Waals surface area contributed by atoms with Crippen LogP contribution in [-0.2, 0) is 7.05 Å². The predicted octanol–water partition coefficient (Wildman–Crippen LogP) is 1.53. The Labute approximate surface area is 109 Å². The zero-order valence-electron chi connectivity index (χ0n) is 12.2. The first-order valence-electron chi connectivity index (χ1n) is 6.19. The average Bonchev–Trinajstić information content (AvgIpc) is 2.43. The van der Waals surface area contributed by atoms with Gasteiger partial charge in [-0.25, -0.2) is 0 Å². The molecule has 0 amide bonds. The second-order valence-electron chi connectivity index (χ2n) is 5.75. The van der Waals surface area contributed by atoms with Crippen molar-refractivity contribution in [1.82, 2.24) is 9.47 Å². The van der Waals surface area contributed by atoms with Crippen LogP contribution in [0.2, 0.25) is 0 Å². The Hall–Kier alpha value is -1.13. The summed E-state index contributed by atoms with van der Waals surface area (Å²) in [5.74, 6) is 0.1000. The zero-order valence-corrected chi connectivity index (χ0v) is 12.2. The molecule has 4 nitrogen and oxygen atoms in total. The molecule has 0 radical (unpaired) electrons. The Morgan fingerprint density at radius 3 is 2.39 bits per heavy atom. The fourth-order valence-electron chi connectivity index (χ4n) is 2.18. The van der Waals surface area contributed by atoms with E-state index < -0.39 is 5.60 Å². The highest BCUT2D eigenvalue weighted by Gasteiger charge is 2.20. The van der Waals surface area contributed by atoms with Crippen LogP contribution in [-0.4, -0.2) is 46.1 Å². The molecule has 0 unspecified atom stereocenters. The number of aryl methyl sites for hydroxylation is 1. The monoisotopic (exact) mass is 252 g/mol. The Balaban J connectivity index is 2.74. The van der Waals surface area contributed by atoms with Gasteiger partial charge in [0, 0.05) is 30.5 Å². The molecule has 0 atom stereocenters. The maximum absolute atomic E-state index is 12.2. The Kier molecular flexibility index (Phi) is 4.35. The molecule has 0 spiro atoms. The van der Waals surface area contributed by atoms with Gasteiger partial charge in [-0.15, -0.1) is 0 Å². The number of aliphatic hydroxyl groups is 1. The van der Waals surface area contributed by atoms with Gasteiger partial charge in [0.2, 0.25) is 0 Å². The molecule has 0 aliphatic heterocycles. The summed E-state index contributed by atoms with van der Waals surface area (Å²) < 4.78 is 2.02. The van der Waals surface area contributed by atoms with Gasteiger partial charge in [0.05, 0.1) is 12.1 Å². The molecule has 1 aromatic heterocycles. The first-order valence-corrected chi connectivity index (χ1v) is 6.19. The van der Waals surface area contributed by atoms with Crippen LogP contribution in [0.25, 0.3) is 0 Å². The van der Waals surface area contributed by atoms with Crippen molar-refractivity contribution in [2.45, 2.75) is 33.3 Å². The minimum Gasteiger partial charge on any atom is -0.389 e. The van der Waals surface area contributed by atoms with Gasteiger partial charge in [-0.1, -0.05) is 0 Å². The molecule has 0 saturated heterocycles. The summed E-state index contributed by atoms with van der Waals surface area (Å²) in [7, 11) is 3.81. The van der Waals surface area contributed by atoms with E-state index in [4.69, 9.17) is 0 Å². The molecular weight excluding hydrogens is 228 g/mol. The molecule has 4 heteroatoms. The smallest absolute Gasteiger partial charge is 0.178 e. The third-order valence-corrected chi connectivity index (χ3v) is 3.15. The fourth-order valence-corrected chi connectivity index (χ4v) is 2.18. The summed E-state index contributed by atoms with van der Waals surface area (Å²) in [5, 5.41) is 9.72. The van der Waals surface area contributed by atoms with E-state index in [0.717, 1.165) is 17.0 Å². The molecule has 0 fully saturated rings. The lowest BCUT2D eigenvalue weighted by atomic mass is 10.1. The van der Waals surface area contributed by atoms with Gasteiger partial charge in [0.15, 0.2) is 5.78 Å². The molecule has 1 rings (SSSR count). The number of rotatable bonds is 5. The van der Waals surface area contributed by atoms with Gasteiger partial charge in [0.25, 0.3) is 0 Å². The summed E-state index contributed by atoms with van der Waals surface area (Å²) >= 11 is 0. The Morgan fingerprint density at radius 2 is 2.00 bits per heavy atom. The van der Waals surface area contributed by atoms with Crippen LogP contribution in [0.3, 0.4) is 0 Å². The van der Waals surface area contributed by atoms with Crippen molar-refractivity contribution >= 4 is 5.78 Å². The largest absolute Gasteiger partial charge is 0.389 e. The number of ketones is 1. The quantitative estimate of drug-likeness (QED) is 0.808. The van der Waals surface area contributed by atoms with Crippen molar-refractivity contribution in [3.63, 3.8) is 0 Å². The predicted molar refractivity (Wildman–Crippen MR) is 73.0 cm³/mol. The summed E-state index contributed by atoms with van der Waals surface area (Å²) in [4.78, 5) is 14.0. The fraction of sp³-hybridized carbons (Fsp3) is 0.643. The lowest BCUT2D eigenvalue weighted by Crippen LogP contribution is -2.38. The minimum atomic E-state index is -0.781. The first kappa shape index (κ1) is 14.9. The van der Waals surface area contributed by atoms with E-state index >= 15 is 0 Å². The molecule has 0 aliphatic carbocycles. The van der Waals surface area contributed by atoms with E-state index in [-0.39, 0.29) is 5.78 Å². The second-order valence-corrected chi connectivity index (χ2v) is 5.75. The number of likely N-dealkylation sites (N-methyl/N-ethyl adjacent to an activating group) is 1. The Bertz CT molecular complexity index is 441. The number of hydrogen-bond acceptors (Lipinski definition) is 3. The van der Waals surface area contributed by atoms with Gasteiger partial charge in [-0.2, -0.15) is 0 Å². The molecule has 0 aliphatic rings. The molecule has 0 saturated carbocycles. The van der Waals surface area contributed by atoms with Crippen molar-refractivity contribution in [2.24, 2.45) is 7.05 Å². The number of Topliss-reactive ketones (excluding diaryl/α,β-unsaturated/α-hetero) is 1. The van der Waals surface area contributed by atoms with Crippen LogP contribution in [0.5, 0.6) is 0 Å². The summed E-state index contributed by atoms with van der Waals surface area (Å²) in [6, 6.07) is 1.93. The zero-order chi connectivity index (χ0) is 14.1. The Morgan fingerprint density at radius 1 is 1.44 bits per heavy atom. The van der Waals surface area contributed by atoms with Gasteiger partial charge in [0.1, 0.15) is 0 Å². The second kappa shape index (κ2) is 5.24. The molecule has 18 heavy (non-hydrogen) atoms. The minimum absolute atomic E-state index is 0.1000. The van der Waals surface area contributed by atoms with Crippen LogP contribution in [0.4, 0.5) is 0 Å². The van der Waals surface area contributed by atoms with Crippen LogP contribution >= 0.6 is 0 Å². The highest BCUT2D eigenvalue weighted by atomic mass is 16.3. The standard InChI is InChI=1S/C14H24N2O2/c1-10-7-12(11(2)16(10)6)13(17)8-15(5)9-14(3,4)18/h7,18H,8-9H2,1-6H3. The van der Waals surface area contributed by atoms with Crippen molar-refractivity contribution in [2.75, 3.05) is 20.1 Å². The van der Waals surface area contributed by atoms with E-state index in [2.05, 4.69) is 0 Å². The van der Waals surface area contributed by atoms with E-state index in [1.165, 1.54) is 0 Å². The molecule has 102 valence electrons. The maximum Gasteiger partial charge on any atom is 0.178 e. The number of hydrogen-bond donors (Lipinski definition) is 1. The summed E-state index contributed by atoms with van der Waals surface area (Å²) in [6.07, 6.45) is 0. The van der Waals surface area contributed by atoms with E-state index in [9.17, 15) is 9.90 Å². The SMILES string of the molecule is Cc1cc(C(=O)CN(C)CC(C)(C)O)c(C)n1C. The van der Waals surface area contributed by atoms with E-state index in [1.54, 1.807) is 13.8 Å². The average molecular weight is 252 g/mol. The number of carbonyl (C=O) groups excluding carboxylic acids is 1. The third kappa shape index (κ3) is 3.68. The molecule has 1 aromatic rings.